The molecule has 0 radical (unpaired) electrons. The first kappa shape index (κ1) is 18.8. The van der Waals surface area contributed by atoms with Gasteiger partial charge in [-0.2, -0.15) is 0 Å². The summed E-state index contributed by atoms with van der Waals surface area (Å²) >= 11 is 0. The van der Waals surface area contributed by atoms with Crippen molar-refractivity contribution in [3.8, 4) is 22.8 Å². The van der Waals surface area contributed by atoms with E-state index < -0.39 is 0 Å². The lowest BCUT2D eigenvalue weighted by Crippen LogP contribution is -1.96. The molecule has 0 N–H and O–H groups in total. The molecule has 0 aliphatic carbocycles. The Morgan fingerprint density at radius 2 is 1.15 bits per heavy atom. The van der Waals surface area contributed by atoms with Gasteiger partial charge in [-0.25, -0.2) is 9.97 Å². The van der Waals surface area contributed by atoms with Crippen LogP contribution >= 0.6 is 0 Å². The summed E-state index contributed by atoms with van der Waals surface area (Å²) in [5.74, 6) is 0.731. The zero-order valence-corrected chi connectivity index (χ0v) is 18.3. The van der Waals surface area contributed by atoms with E-state index in [9.17, 15) is 0 Å². The van der Waals surface area contributed by atoms with Crippen LogP contribution in [0.5, 0.6) is 0 Å². The van der Waals surface area contributed by atoms with Gasteiger partial charge in [0.1, 0.15) is 0 Å². The Hall–Kier alpha value is -4.70. The molecule has 0 spiro atoms. The van der Waals surface area contributed by atoms with E-state index in [1.54, 1.807) is 0 Å². The summed E-state index contributed by atoms with van der Waals surface area (Å²) in [5, 5.41) is 3.73. The number of fused-ring (bicyclic) bond motifs is 5. The van der Waals surface area contributed by atoms with Gasteiger partial charge >= 0.3 is 0 Å². The van der Waals surface area contributed by atoms with E-state index in [2.05, 4.69) is 98.1 Å². The summed E-state index contributed by atoms with van der Waals surface area (Å²) in [7, 11) is 0. The predicted octanol–water partition coefficient (Wildman–Crippen LogP) is 7.18. The highest BCUT2D eigenvalue weighted by molar-refractivity contribution is 6.21. The summed E-state index contributed by atoms with van der Waals surface area (Å²) in [4.78, 5) is 9.26. The summed E-state index contributed by atoms with van der Waals surface area (Å²) in [5.41, 5.74) is 6.67. The molecule has 0 amide bonds. The van der Waals surface area contributed by atoms with Crippen LogP contribution in [0.2, 0.25) is 0 Å². The molecule has 34 heavy (non-hydrogen) atoms. The first-order valence-electron chi connectivity index (χ1n) is 11.3. The first-order valence-corrected chi connectivity index (χ1v) is 11.3. The standard InChI is InChI=1S/C30H20N4/c1-3-9-21(10-4-1)30-31-19-23(20-32-30)33-18-17-25-26(33)15-16-28-29(25)24-13-7-8-14-27(24)34(28)22-11-5-2-6-12-22/h1-20H. The normalized spacial score (nSPS) is 11.5. The largest absolute Gasteiger partial charge is 0.314 e. The maximum atomic E-state index is 4.63. The van der Waals surface area contributed by atoms with Crippen molar-refractivity contribution in [3.05, 3.63) is 122 Å². The SMILES string of the molecule is c1ccc(-c2ncc(-n3ccc4c5c6ccccc6n(-c6ccccc6)c5ccc43)cn2)cc1. The molecule has 0 saturated heterocycles. The lowest BCUT2D eigenvalue weighted by atomic mass is 10.1. The van der Waals surface area contributed by atoms with E-state index in [1.165, 1.54) is 27.2 Å². The fourth-order valence-corrected chi connectivity index (χ4v) is 4.95. The summed E-state index contributed by atoms with van der Waals surface area (Å²) < 4.78 is 4.51. The molecule has 0 fully saturated rings. The number of hydrogen-bond acceptors (Lipinski definition) is 2. The second kappa shape index (κ2) is 7.42. The van der Waals surface area contributed by atoms with Crippen molar-refractivity contribution in [2.24, 2.45) is 0 Å². The second-order valence-corrected chi connectivity index (χ2v) is 8.40. The minimum atomic E-state index is 0.731. The van der Waals surface area contributed by atoms with Crippen LogP contribution in [0.3, 0.4) is 0 Å². The Balaban J connectivity index is 1.44. The number of aromatic nitrogens is 4. The molecule has 3 aromatic heterocycles. The minimum Gasteiger partial charge on any atom is -0.314 e. The molecule has 0 unspecified atom stereocenters. The van der Waals surface area contributed by atoms with E-state index in [0.717, 1.165) is 28.3 Å². The third-order valence-corrected chi connectivity index (χ3v) is 6.47. The molecule has 4 nitrogen and oxygen atoms in total. The van der Waals surface area contributed by atoms with Gasteiger partial charge in [-0.15, -0.1) is 0 Å². The zero-order valence-electron chi connectivity index (χ0n) is 18.3. The molecule has 0 aliphatic heterocycles. The van der Waals surface area contributed by atoms with Gasteiger partial charge in [-0.05, 0) is 36.4 Å². The van der Waals surface area contributed by atoms with E-state index in [1.807, 2.05) is 42.7 Å². The van der Waals surface area contributed by atoms with Crippen LogP contribution < -0.4 is 0 Å². The number of nitrogens with zero attached hydrogens (tertiary/aromatic N) is 4. The minimum absolute atomic E-state index is 0.731. The van der Waals surface area contributed by atoms with Crippen LogP contribution in [0.15, 0.2) is 122 Å². The van der Waals surface area contributed by atoms with Crippen LogP contribution in [0.4, 0.5) is 0 Å². The van der Waals surface area contributed by atoms with Crippen molar-refractivity contribution in [3.63, 3.8) is 0 Å². The third kappa shape index (κ3) is 2.79. The highest BCUT2D eigenvalue weighted by atomic mass is 15.0. The van der Waals surface area contributed by atoms with Crippen molar-refractivity contribution in [1.82, 2.24) is 19.1 Å². The summed E-state index contributed by atoms with van der Waals surface area (Å²) in [6.45, 7) is 0. The van der Waals surface area contributed by atoms with Gasteiger partial charge in [0.15, 0.2) is 5.82 Å². The van der Waals surface area contributed by atoms with Gasteiger partial charge in [0.05, 0.1) is 34.6 Å². The van der Waals surface area contributed by atoms with Crippen LogP contribution in [-0.2, 0) is 0 Å². The Morgan fingerprint density at radius 3 is 1.94 bits per heavy atom. The molecule has 4 aromatic carbocycles. The van der Waals surface area contributed by atoms with Crippen molar-refractivity contribution in [2.45, 2.75) is 0 Å². The first-order chi connectivity index (χ1) is 16.9. The molecule has 0 bridgehead atoms. The molecule has 7 aromatic rings. The molecule has 0 aliphatic rings. The highest BCUT2D eigenvalue weighted by Crippen LogP contribution is 2.37. The highest BCUT2D eigenvalue weighted by Gasteiger charge is 2.16. The quantitative estimate of drug-likeness (QED) is 0.294. The predicted molar refractivity (Wildman–Crippen MR) is 139 cm³/mol. The molecule has 3 heterocycles. The Labute approximate surface area is 196 Å². The van der Waals surface area contributed by atoms with Gasteiger partial charge in [-0.3, -0.25) is 0 Å². The topological polar surface area (TPSA) is 35.6 Å². The molecule has 0 saturated carbocycles. The average molecular weight is 437 g/mol. The molecule has 4 heteroatoms. The molecule has 7 rings (SSSR count). The van der Waals surface area contributed by atoms with Gasteiger partial charge in [0, 0.05) is 33.6 Å². The number of benzene rings is 4. The van der Waals surface area contributed by atoms with Crippen LogP contribution in [0.1, 0.15) is 0 Å². The van der Waals surface area contributed by atoms with Crippen molar-refractivity contribution < 1.29 is 0 Å². The second-order valence-electron chi connectivity index (χ2n) is 8.40. The van der Waals surface area contributed by atoms with Gasteiger partial charge in [0.25, 0.3) is 0 Å². The van der Waals surface area contributed by atoms with Crippen molar-refractivity contribution in [2.75, 3.05) is 0 Å². The Morgan fingerprint density at radius 1 is 0.500 bits per heavy atom. The van der Waals surface area contributed by atoms with E-state index in [0.29, 0.717) is 0 Å². The molecule has 160 valence electrons. The average Bonchev–Trinajstić information content (AvgIpc) is 3.49. The number of hydrogen-bond donors (Lipinski definition) is 0. The number of rotatable bonds is 3. The summed E-state index contributed by atoms with van der Waals surface area (Å²) in [6, 6.07) is 35.9. The van der Waals surface area contributed by atoms with Crippen LogP contribution in [0.25, 0.3) is 55.5 Å². The fourth-order valence-electron chi connectivity index (χ4n) is 4.95. The number of para-hydroxylation sites is 2. The van der Waals surface area contributed by atoms with Gasteiger partial charge in [0.2, 0.25) is 0 Å². The van der Waals surface area contributed by atoms with Crippen molar-refractivity contribution in [1.29, 1.82) is 0 Å². The maximum absolute atomic E-state index is 4.63. The van der Waals surface area contributed by atoms with Gasteiger partial charge < -0.3 is 9.13 Å². The fraction of sp³-hybridized carbons (Fsp3) is 0. The van der Waals surface area contributed by atoms with E-state index in [4.69, 9.17) is 0 Å². The van der Waals surface area contributed by atoms with Crippen molar-refractivity contribution >= 4 is 32.7 Å². The van der Waals surface area contributed by atoms with Gasteiger partial charge in [-0.1, -0.05) is 66.7 Å². The molecular formula is C30H20N4. The lowest BCUT2D eigenvalue weighted by Gasteiger charge is -2.08. The van der Waals surface area contributed by atoms with E-state index in [-0.39, 0.29) is 0 Å². The Bertz CT molecular complexity index is 1780. The zero-order chi connectivity index (χ0) is 22.5. The van der Waals surface area contributed by atoms with Crippen LogP contribution in [0, 0.1) is 0 Å². The van der Waals surface area contributed by atoms with Crippen LogP contribution in [-0.4, -0.2) is 19.1 Å². The molecule has 0 atom stereocenters. The maximum Gasteiger partial charge on any atom is 0.159 e. The smallest absolute Gasteiger partial charge is 0.159 e. The Kier molecular flexibility index (Phi) is 4.11. The lowest BCUT2D eigenvalue weighted by molar-refractivity contribution is 1.05. The summed E-state index contributed by atoms with van der Waals surface area (Å²) in [6.07, 6.45) is 5.90. The van der Waals surface area contributed by atoms with E-state index >= 15 is 0 Å². The monoisotopic (exact) mass is 436 g/mol. The molecular weight excluding hydrogens is 416 g/mol. The third-order valence-electron chi connectivity index (χ3n) is 6.47.